The lowest BCUT2D eigenvalue weighted by Gasteiger charge is -2.39. The Hall–Kier alpha value is -8.13. The van der Waals surface area contributed by atoms with E-state index >= 15 is 0 Å². The smallest absolute Gasteiger partial charge is 0.344 e. The molecule has 24 heteroatoms. The first-order chi connectivity index (χ1) is 64.0. The molecule has 0 radical (unpaired) electrons. The van der Waals surface area contributed by atoms with Crippen LogP contribution < -0.4 is 0 Å². The van der Waals surface area contributed by atoms with Crippen LogP contribution in [0.1, 0.15) is 329 Å². The predicted octanol–water partition coefficient (Wildman–Crippen LogP) is 23.0. The molecule has 4 bridgehead atoms. The maximum atomic E-state index is 13.6. The summed E-state index contributed by atoms with van der Waals surface area (Å²) < 4.78 is 86.3. The average Bonchev–Trinajstić information content (AvgIpc) is 1.52. The molecule has 1 aliphatic heterocycles. The van der Waals surface area contributed by atoms with Crippen LogP contribution in [0.25, 0.3) is 0 Å². The monoisotopic (exact) mass is 1890 g/mol. The minimum absolute atomic E-state index is 0.0478. The number of esters is 9. The molecule has 756 valence electrons. The molecule has 11 rings (SSSR count). The number of rotatable bonds is 45. The van der Waals surface area contributed by atoms with Gasteiger partial charge in [-0.2, -0.15) is 0 Å². The number of methoxy groups -OCH3 is 1. The van der Waals surface area contributed by atoms with Crippen molar-refractivity contribution >= 4 is 53.7 Å². The van der Waals surface area contributed by atoms with Crippen LogP contribution in [0.2, 0.25) is 0 Å². The predicted molar refractivity (Wildman–Crippen MR) is 517 cm³/mol. The summed E-state index contributed by atoms with van der Waals surface area (Å²) in [4.78, 5) is 114. The quantitative estimate of drug-likeness (QED) is 0.0172. The number of carbonyl (C=O) groups is 9. The van der Waals surface area contributed by atoms with E-state index in [1.807, 2.05) is 248 Å². The minimum Gasteiger partial charge on any atom is -0.462 e. The number of fused-ring (bicyclic) bond motifs is 3. The second-order valence-corrected chi connectivity index (χ2v) is 42.0. The molecular formula is C111H168O24. The van der Waals surface area contributed by atoms with E-state index in [9.17, 15) is 43.2 Å². The van der Waals surface area contributed by atoms with E-state index in [0.29, 0.717) is 70.4 Å². The van der Waals surface area contributed by atoms with Crippen molar-refractivity contribution in [2.45, 2.75) is 394 Å². The first-order valence-corrected chi connectivity index (χ1v) is 50.7. The van der Waals surface area contributed by atoms with Gasteiger partial charge >= 0.3 is 53.7 Å². The van der Waals surface area contributed by atoms with Gasteiger partial charge in [-0.15, -0.1) is 0 Å². The molecular weight excluding hydrogens is 1720 g/mol. The molecule has 7 aliphatic rings. The number of benzene rings is 4. The van der Waals surface area contributed by atoms with Gasteiger partial charge in [0, 0.05) is 61.6 Å². The van der Waals surface area contributed by atoms with E-state index in [2.05, 4.69) is 12.1 Å². The zero-order valence-electron chi connectivity index (χ0n) is 86.1. The van der Waals surface area contributed by atoms with Crippen molar-refractivity contribution < 1.29 is 114 Å². The maximum absolute atomic E-state index is 13.6. The number of ether oxygens (including phenoxy) is 15. The van der Waals surface area contributed by atoms with Gasteiger partial charge in [-0.25, -0.2) is 4.79 Å². The molecule has 0 spiro atoms. The Morgan fingerprint density at radius 3 is 1.44 bits per heavy atom. The van der Waals surface area contributed by atoms with E-state index in [4.69, 9.17) is 71.1 Å². The number of hydrogen-bond acceptors (Lipinski definition) is 24. The number of hydrogen-bond donors (Lipinski definition) is 0. The van der Waals surface area contributed by atoms with E-state index < -0.39 is 107 Å². The summed E-state index contributed by atoms with van der Waals surface area (Å²) in [6.45, 7) is 44.0. The van der Waals surface area contributed by atoms with Gasteiger partial charge in [0.25, 0.3) is 0 Å². The average molecular weight is 1890 g/mol. The van der Waals surface area contributed by atoms with Gasteiger partial charge in [-0.1, -0.05) is 243 Å². The molecule has 1 saturated heterocycles. The van der Waals surface area contributed by atoms with Crippen LogP contribution >= 0.6 is 0 Å². The fourth-order valence-corrected chi connectivity index (χ4v) is 18.0. The summed E-state index contributed by atoms with van der Waals surface area (Å²) in [5, 5.41) is 0. The Morgan fingerprint density at radius 2 is 0.963 bits per heavy atom. The second kappa shape index (κ2) is 54.4. The lowest BCUT2D eigenvalue weighted by atomic mass is 9.73. The van der Waals surface area contributed by atoms with Crippen molar-refractivity contribution in [2.75, 3.05) is 26.9 Å². The Labute approximate surface area is 807 Å². The fraction of sp³-hybridized carbons (Fsp3) is 0.703. The third kappa shape index (κ3) is 33.8. The van der Waals surface area contributed by atoms with Gasteiger partial charge in [0.05, 0.1) is 65.5 Å². The first kappa shape index (κ1) is 114. The Kier molecular flexibility index (Phi) is 45.9. The van der Waals surface area contributed by atoms with Crippen LogP contribution in [-0.4, -0.2) is 143 Å². The molecule has 24 nitrogen and oxygen atoms in total. The Morgan fingerprint density at radius 1 is 0.481 bits per heavy atom. The van der Waals surface area contributed by atoms with Crippen LogP contribution in [0, 0.1) is 79.3 Å². The van der Waals surface area contributed by atoms with E-state index in [0.717, 1.165) is 99.3 Å². The van der Waals surface area contributed by atoms with Crippen molar-refractivity contribution in [1.29, 1.82) is 0 Å². The SMILES string of the molecule is CCC(C)(C)C(=O)OC(Cc1ccccc1)OC1CCCCC1.CCC(C)(C)C(=O)OC(Cc1ccccc1)OCc1ccccc1.CCC(C)(C)C(=O)OC(OCc1ccccc1)C(C)(C)C.CCC(C)C(=O)OC1CC2CC(C(=O)OC(CC(C)OC)OCC3CCCCC3)C1C2.CCOC(OC(=O)C12CC3CC1C(OC2=O)C3OC(=O)COC(=O)C(C)(C)CC)C(CC)(CC)CC. The second-order valence-electron chi connectivity index (χ2n) is 42.0. The van der Waals surface area contributed by atoms with Gasteiger partial charge in [-0.05, 0) is 212 Å². The van der Waals surface area contributed by atoms with Crippen molar-refractivity contribution in [3.63, 3.8) is 0 Å². The van der Waals surface area contributed by atoms with Crippen molar-refractivity contribution in [2.24, 2.45) is 79.3 Å². The van der Waals surface area contributed by atoms with E-state index in [1.54, 1.807) is 21.0 Å². The van der Waals surface area contributed by atoms with Gasteiger partial charge in [0.15, 0.2) is 12.0 Å². The van der Waals surface area contributed by atoms with Crippen LogP contribution in [0.3, 0.4) is 0 Å². The van der Waals surface area contributed by atoms with E-state index in [1.165, 1.54) is 51.4 Å². The van der Waals surface area contributed by atoms with Gasteiger partial charge in [-0.3, -0.25) is 38.4 Å². The van der Waals surface area contributed by atoms with Crippen LogP contribution in [-0.2, 0) is 140 Å². The van der Waals surface area contributed by atoms with Gasteiger partial charge in [0.1, 0.15) is 18.3 Å². The molecule has 0 N–H and O–H groups in total. The molecule has 4 aromatic carbocycles. The maximum Gasteiger partial charge on any atom is 0.344 e. The first-order valence-electron chi connectivity index (χ1n) is 50.7. The van der Waals surface area contributed by atoms with Crippen LogP contribution in [0.15, 0.2) is 121 Å². The fourth-order valence-electron chi connectivity index (χ4n) is 18.0. The molecule has 16 unspecified atom stereocenters. The zero-order chi connectivity index (χ0) is 99.5. The van der Waals surface area contributed by atoms with Crippen LogP contribution in [0.5, 0.6) is 0 Å². The lowest BCUT2D eigenvalue weighted by molar-refractivity contribution is -0.223. The highest BCUT2D eigenvalue weighted by Gasteiger charge is 2.76. The molecule has 6 aliphatic carbocycles. The standard InChI is InChI=1S/C27H42O9.C25H42O6.C21H26O3.C20H30O3.C18H28O3/c1-8-25(6,7)21(29)33-15-18(28)34-19-16-13-17-20(19)35-22(30)27(17,14-16)23(31)36-24(32-12-5)26(9-2,10-3)11-4;1-5-16(2)24(26)30-22-14-19-12-20(22)21(13-19)25(27)31-23(11-17(3)28-4)29-15-18-9-7-6-8-10-18;1-4-21(2,3)20(22)24-19(15-17-11-7-5-8-12-17)23-16-18-13-9-6-10-14-18;1-4-20(2,3)19(21)23-18(15-16-11-7-5-8-12-16)22-17-13-9-6-10-14-17;1-7-18(5,6)15(19)21-16(17(2,3)4)20-13-14-11-9-8-10-12-14/h16-17,19-20,24H,8-15H2,1-7H3;16-23H,5-15H2,1-4H3;5-14,19H,4,15-16H2,1-3H3;5,7-8,11-12,17-18H,4,6,9-10,13-15H2,1-3H3;8-12,16H,7,13H2,1-6H3. The largest absolute Gasteiger partial charge is 0.462 e. The molecule has 0 amide bonds. The minimum atomic E-state index is -1.40. The molecule has 135 heavy (non-hydrogen) atoms. The molecule has 0 aromatic heterocycles. The summed E-state index contributed by atoms with van der Waals surface area (Å²) in [6, 6.07) is 39.8. The molecule has 1 heterocycles. The Balaban J connectivity index is 0.000000234. The summed E-state index contributed by atoms with van der Waals surface area (Å²) >= 11 is 0. The molecule has 16 atom stereocenters. The highest BCUT2D eigenvalue weighted by molar-refractivity contribution is 6.03. The normalized spacial score (nSPS) is 22.5. The third-order valence-electron chi connectivity index (χ3n) is 29.5. The van der Waals surface area contributed by atoms with Crippen molar-refractivity contribution in [1.82, 2.24) is 0 Å². The summed E-state index contributed by atoms with van der Waals surface area (Å²) in [5.74, 6) is -3.23. The summed E-state index contributed by atoms with van der Waals surface area (Å²) in [7, 11) is 1.66. The van der Waals surface area contributed by atoms with Crippen molar-refractivity contribution in [3.05, 3.63) is 144 Å². The van der Waals surface area contributed by atoms with Gasteiger partial charge in [0.2, 0.25) is 31.5 Å². The highest BCUT2D eigenvalue weighted by atomic mass is 16.7. The van der Waals surface area contributed by atoms with Crippen LogP contribution in [0.4, 0.5) is 0 Å². The summed E-state index contributed by atoms with van der Waals surface area (Å²) in [6.07, 6.45) is 18.6. The third-order valence-corrected chi connectivity index (χ3v) is 29.5. The summed E-state index contributed by atoms with van der Waals surface area (Å²) in [5.41, 5.74) is 0.171. The topological polar surface area (TPSA) is 292 Å². The highest BCUT2D eigenvalue weighted by Crippen LogP contribution is 2.63. The number of carbonyl (C=O) groups excluding carboxylic acids is 9. The zero-order valence-corrected chi connectivity index (χ0v) is 86.1. The Bertz CT molecular complexity index is 4210. The molecule has 7 fully saturated rings. The lowest BCUT2D eigenvalue weighted by Crippen LogP contribution is -2.49. The molecule has 4 aromatic rings. The van der Waals surface area contributed by atoms with Crippen molar-refractivity contribution in [3.8, 4) is 0 Å². The van der Waals surface area contributed by atoms with E-state index in [-0.39, 0.29) is 89.1 Å². The molecule has 6 saturated carbocycles. The van der Waals surface area contributed by atoms with Gasteiger partial charge < -0.3 is 71.1 Å².